The fourth-order valence-electron chi connectivity index (χ4n) is 1.37. The second-order valence-electron chi connectivity index (χ2n) is 3.16. The lowest BCUT2D eigenvalue weighted by molar-refractivity contribution is 0.603. The standard InChI is InChI=1S/C10H10FN3/c1-7-3-4-9(8(2)10(7)11)14-12-5-6-13-14/h3-6H,1-2H3. The van der Waals surface area contributed by atoms with Crippen molar-refractivity contribution in [1.82, 2.24) is 15.0 Å². The summed E-state index contributed by atoms with van der Waals surface area (Å²) >= 11 is 0. The lowest BCUT2D eigenvalue weighted by Gasteiger charge is -2.06. The largest absolute Gasteiger partial charge is 0.206 e. The van der Waals surface area contributed by atoms with E-state index in [0.717, 1.165) is 0 Å². The van der Waals surface area contributed by atoms with Gasteiger partial charge in [-0.25, -0.2) is 4.39 Å². The maximum absolute atomic E-state index is 13.5. The molecule has 0 N–H and O–H groups in total. The van der Waals surface area contributed by atoms with Crippen molar-refractivity contribution in [2.24, 2.45) is 0 Å². The Bertz CT molecular complexity index is 449. The second kappa shape index (κ2) is 3.21. The van der Waals surface area contributed by atoms with E-state index in [1.54, 1.807) is 32.3 Å². The number of aromatic nitrogens is 3. The smallest absolute Gasteiger partial charge is 0.131 e. The molecule has 0 spiro atoms. The Hall–Kier alpha value is -1.71. The van der Waals surface area contributed by atoms with Crippen LogP contribution >= 0.6 is 0 Å². The highest BCUT2D eigenvalue weighted by Crippen LogP contribution is 2.18. The molecular formula is C10H10FN3. The molecule has 0 aliphatic carbocycles. The molecule has 0 saturated carbocycles. The lowest BCUT2D eigenvalue weighted by atomic mass is 10.1. The summed E-state index contributed by atoms with van der Waals surface area (Å²) in [6.07, 6.45) is 3.13. The number of aryl methyl sites for hydroxylation is 1. The van der Waals surface area contributed by atoms with Crippen LogP contribution in [0.5, 0.6) is 0 Å². The maximum atomic E-state index is 13.5. The van der Waals surface area contributed by atoms with Gasteiger partial charge >= 0.3 is 0 Å². The molecule has 14 heavy (non-hydrogen) atoms. The molecule has 0 amide bonds. The molecule has 0 aliphatic rings. The molecule has 2 rings (SSSR count). The Kier molecular flexibility index (Phi) is 2.04. The van der Waals surface area contributed by atoms with Crippen molar-refractivity contribution in [2.45, 2.75) is 13.8 Å². The third-order valence-electron chi connectivity index (χ3n) is 2.19. The molecule has 0 fully saturated rings. The van der Waals surface area contributed by atoms with Crippen LogP contribution in [0.15, 0.2) is 24.5 Å². The van der Waals surface area contributed by atoms with Crippen molar-refractivity contribution < 1.29 is 4.39 Å². The zero-order valence-corrected chi connectivity index (χ0v) is 8.03. The van der Waals surface area contributed by atoms with E-state index in [0.29, 0.717) is 16.8 Å². The minimum atomic E-state index is -0.195. The predicted molar refractivity (Wildman–Crippen MR) is 50.8 cm³/mol. The van der Waals surface area contributed by atoms with Crippen molar-refractivity contribution in [3.05, 3.63) is 41.5 Å². The molecule has 2 aromatic rings. The van der Waals surface area contributed by atoms with E-state index in [9.17, 15) is 4.39 Å². The van der Waals surface area contributed by atoms with Crippen molar-refractivity contribution in [1.29, 1.82) is 0 Å². The minimum absolute atomic E-state index is 0.195. The average Bonchev–Trinajstić information content (AvgIpc) is 2.67. The first-order valence-corrected chi connectivity index (χ1v) is 4.32. The monoisotopic (exact) mass is 191 g/mol. The summed E-state index contributed by atoms with van der Waals surface area (Å²) in [5.74, 6) is -0.195. The van der Waals surface area contributed by atoms with E-state index < -0.39 is 0 Å². The van der Waals surface area contributed by atoms with E-state index in [2.05, 4.69) is 10.2 Å². The van der Waals surface area contributed by atoms with E-state index in [1.165, 1.54) is 4.80 Å². The fraction of sp³-hybridized carbons (Fsp3) is 0.200. The van der Waals surface area contributed by atoms with Gasteiger partial charge in [0.1, 0.15) is 5.82 Å². The summed E-state index contributed by atoms with van der Waals surface area (Å²) in [4.78, 5) is 1.41. The normalized spacial score (nSPS) is 10.5. The van der Waals surface area contributed by atoms with Gasteiger partial charge in [0, 0.05) is 5.56 Å². The Balaban J connectivity index is 2.61. The van der Waals surface area contributed by atoms with Gasteiger partial charge in [-0.05, 0) is 25.5 Å². The van der Waals surface area contributed by atoms with Crippen LogP contribution in [-0.4, -0.2) is 15.0 Å². The molecule has 0 radical (unpaired) electrons. The molecule has 72 valence electrons. The van der Waals surface area contributed by atoms with Crippen molar-refractivity contribution in [2.75, 3.05) is 0 Å². The molecule has 0 bridgehead atoms. The Labute approximate surface area is 81.2 Å². The van der Waals surface area contributed by atoms with Crippen molar-refractivity contribution in [3.63, 3.8) is 0 Å². The number of nitrogens with zero attached hydrogens (tertiary/aromatic N) is 3. The summed E-state index contributed by atoms with van der Waals surface area (Å²) < 4.78 is 13.5. The molecule has 4 heteroatoms. The van der Waals surface area contributed by atoms with Gasteiger partial charge in [-0.1, -0.05) is 6.07 Å². The molecule has 1 aromatic heterocycles. The highest BCUT2D eigenvalue weighted by atomic mass is 19.1. The Morgan fingerprint density at radius 2 is 1.79 bits per heavy atom. The number of hydrogen-bond donors (Lipinski definition) is 0. The third kappa shape index (κ3) is 1.28. The van der Waals surface area contributed by atoms with Crippen molar-refractivity contribution in [3.8, 4) is 5.69 Å². The van der Waals surface area contributed by atoms with E-state index in [4.69, 9.17) is 0 Å². The summed E-state index contributed by atoms with van der Waals surface area (Å²) in [6, 6.07) is 3.54. The molecule has 1 aromatic carbocycles. The van der Waals surface area contributed by atoms with Gasteiger partial charge < -0.3 is 0 Å². The molecular weight excluding hydrogens is 181 g/mol. The van der Waals surface area contributed by atoms with Gasteiger partial charge in [-0.3, -0.25) is 0 Å². The van der Waals surface area contributed by atoms with Crippen LogP contribution in [-0.2, 0) is 0 Å². The summed E-state index contributed by atoms with van der Waals surface area (Å²) in [7, 11) is 0. The van der Waals surface area contributed by atoms with E-state index in [1.807, 2.05) is 6.07 Å². The minimum Gasteiger partial charge on any atom is -0.206 e. The molecule has 0 atom stereocenters. The highest BCUT2D eigenvalue weighted by molar-refractivity contribution is 5.42. The maximum Gasteiger partial charge on any atom is 0.131 e. The van der Waals surface area contributed by atoms with Gasteiger partial charge in [0.25, 0.3) is 0 Å². The summed E-state index contributed by atoms with van der Waals surface area (Å²) in [5, 5.41) is 7.91. The third-order valence-corrected chi connectivity index (χ3v) is 2.19. The highest BCUT2D eigenvalue weighted by Gasteiger charge is 2.08. The number of benzene rings is 1. The van der Waals surface area contributed by atoms with Gasteiger partial charge in [-0.2, -0.15) is 15.0 Å². The first kappa shape index (κ1) is 8.87. The first-order valence-electron chi connectivity index (χ1n) is 4.32. The van der Waals surface area contributed by atoms with Crippen LogP contribution in [0, 0.1) is 19.7 Å². The zero-order valence-electron chi connectivity index (χ0n) is 8.03. The van der Waals surface area contributed by atoms with Crippen molar-refractivity contribution >= 4 is 0 Å². The van der Waals surface area contributed by atoms with Gasteiger partial charge in [0.2, 0.25) is 0 Å². The Morgan fingerprint density at radius 1 is 1.14 bits per heavy atom. The molecule has 1 heterocycles. The molecule has 0 aliphatic heterocycles. The van der Waals surface area contributed by atoms with Crippen LogP contribution in [0.2, 0.25) is 0 Å². The molecule has 0 unspecified atom stereocenters. The van der Waals surface area contributed by atoms with E-state index in [-0.39, 0.29) is 5.82 Å². The number of hydrogen-bond acceptors (Lipinski definition) is 2. The van der Waals surface area contributed by atoms with E-state index >= 15 is 0 Å². The molecule has 0 saturated heterocycles. The van der Waals surface area contributed by atoms with Crippen LogP contribution in [0.4, 0.5) is 4.39 Å². The average molecular weight is 191 g/mol. The zero-order chi connectivity index (χ0) is 10.1. The van der Waals surface area contributed by atoms with Crippen LogP contribution < -0.4 is 0 Å². The summed E-state index contributed by atoms with van der Waals surface area (Å²) in [6.45, 7) is 3.46. The van der Waals surface area contributed by atoms with Crippen LogP contribution in [0.3, 0.4) is 0 Å². The Morgan fingerprint density at radius 3 is 2.43 bits per heavy atom. The fourth-order valence-corrected chi connectivity index (χ4v) is 1.37. The van der Waals surface area contributed by atoms with Gasteiger partial charge in [0.15, 0.2) is 0 Å². The first-order chi connectivity index (χ1) is 6.70. The number of rotatable bonds is 1. The van der Waals surface area contributed by atoms with Crippen LogP contribution in [0.25, 0.3) is 5.69 Å². The SMILES string of the molecule is Cc1ccc(-n2nccn2)c(C)c1F. The molecule has 3 nitrogen and oxygen atoms in total. The van der Waals surface area contributed by atoms with Crippen LogP contribution in [0.1, 0.15) is 11.1 Å². The second-order valence-corrected chi connectivity index (χ2v) is 3.16. The lowest BCUT2D eigenvalue weighted by Crippen LogP contribution is -2.03. The van der Waals surface area contributed by atoms with Gasteiger partial charge in [0.05, 0.1) is 18.1 Å². The van der Waals surface area contributed by atoms with Gasteiger partial charge in [-0.15, -0.1) is 0 Å². The topological polar surface area (TPSA) is 30.7 Å². The quantitative estimate of drug-likeness (QED) is 0.690. The summed E-state index contributed by atoms with van der Waals surface area (Å²) in [5.41, 5.74) is 1.89. The predicted octanol–water partition coefficient (Wildman–Crippen LogP) is 2.02. The number of halogens is 1.